The van der Waals surface area contributed by atoms with Gasteiger partial charge in [0.05, 0.1) is 12.6 Å². The molecule has 1 aliphatic rings. The fourth-order valence-electron chi connectivity index (χ4n) is 3.72. The summed E-state index contributed by atoms with van der Waals surface area (Å²) in [5.74, 6) is 1.16. The summed E-state index contributed by atoms with van der Waals surface area (Å²) in [5, 5.41) is 16.4. The first-order chi connectivity index (χ1) is 13.8. The number of guanidine groups is 1. The van der Waals surface area contributed by atoms with E-state index in [1.165, 1.54) is 18.4 Å². The highest BCUT2D eigenvalue weighted by Crippen LogP contribution is 2.25. The van der Waals surface area contributed by atoms with Crippen molar-refractivity contribution < 1.29 is 5.11 Å². The fraction of sp³-hybridized carbons (Fsp3) is 0.435. The van der Waals surface area contributed by atoms with Gasteiger partial charge < -0.3 is 15.7 Å². The van der Waals surface area contributed by atoms with E-state index >= 15 is 0 Å². The number of nitrogens with one attached hydrogen (secondary N) is 2. The summed E-state index contributed by atoms with van der Waals surface area (Å²) in [5.41, 5.74) is 2.45. The van der Waals surface area contributed by atoms with Crippen LogP contribution in [0.25, 0.3) is 0 Å². The predicted molar refractivity (Wildman–Crippen MR) is 116 cm³/mol. The van der Waals surface area contributed by atoms with Crippen LogP contribution in [-0.4, -0.2) is 48.7 Å². The topological polar surface area (TPSA) is 59.9 Å². The van der Waals surface area contributed by atoms with Crippen molar-refractivity contribution in [1.29, 1.82) is 0 Å². The second kappa shape index (κ2) is 10.7. The molecule has 0 spiro atoms. The number of rotatable bonds is 8. The number of phenols is 1. The van der Waals surface area contributed by atoms with Crippen molar-refractivity contribution in [3.63, 3.8) is 0 Å². The molecule has 1 heterocycles. The third kappa shape index (κ3) is 5.99. The molecule has 0 aliphatic carbocycles. The summed E-state index contributed by atoms with van der Waals surface area (Å²) < 4.78 is 0. The zero-order valence-electron chi connectivity index (χ0n) is 16.8. The van der Waals surface area contributed by atoms with Crippen molar-refractivity contribution in [2.75, 3.05) is 32.7 Å². The molecule has 2 aromatic rings. The maximum atomic E-state index is 9.60. The summed E-state index contributed by atoms with van der Waals surface area (Å²) in [6, 6.07) is 18.5. The Bertz CT molecular complexity index is 741. The highest BCUT2D eigenvalue weighted by Gasteiger charge is 2.23. The summed E-state index contributed by atoms with van der Waals surface area (Å²) >= 11 is 0. The molecule has 150 valence electrons. The Morgan fingerprint density at radius 2 is 1.86 bits per heavy atom. The molecule has 3 N–H and O–H groups in total. The first-order valence-electron chi connectivity index (χ1n) is 10.4. The fourth-order valence-corrected chi connectivity index (χ4v) is 3.72. The van der Waals surface area contributed by atoms with Crippen molar-refractivity contribution in [2.45, 2.75) is 32.2 Å². The van der Waals surface area contributed by atoms with Crippen LogP contribution >= 0.6 is 0 Å². The van der Waals surface area contributed by atoms with Crippen molar-refractivity contribution in [3.8, 4) is 5.75 Å². The van der Waals surface area contributed by atoms with E-state index in [0.717, 1.165) is 50.7 Å². The van der Waals surface area contributed by atoms with Gasteiger partial charge in [0.1, 0.15) is 5.75 Å². The summed E-state index contributed by atoms with van der Waals surface area (Å²) in [6.45, 7) is 6.73. The van der Waals surface area contributed by atoms with Crippen LogP contribution < -0.4 is 10.6 Å². The first kappa shape index (κ1) is 20.2. The van der Waals surface area contributed by atoms with Crippen molar-refractivity contribution in [1.82, 2.24) is 15.5 Å². The number of nitrogens with zero attached hydrogens (tertiary/aromatic N) is 2. The zero-order valence-corrected chi connectivity index (χ0v) is 16.8. The summed E-state index contributed by atoms with van der Waals surface area (Å²) in [7, 11) is 0. The number of hydrogen-bond acceptors (Lipinski definition) is 3. The van der Waals surface area contributed by atoms with Crippen LogP contribution in [0.3, 0.4) is 0 Å². The molecule has 1 unspecified atom stereocenters. The van der Waals surface area contributed by atoms with Crippen LogP contribution in [0.15, 0.2) is 59.6 Å². The molecule has 1 atom stereocenters. The Morgan fingerprint density at radius 1 is 1.07 bits per heavy atom. The van der Waals surface area contributed by atoms with Gasteiger partial charge in [0.25, 0.3) is 0 Å². The van der Waals surface area contributed by atoms with E-state index in [1.807, 2.05) is 18.2 Å². The second-order valence-electron chi connectivity index (χ2n) is 7.24. The molecule has 0 radical (unpaired) electrons. The molecule has 1 aliphatic heterocycles. The lowest BCUT2D eigenvalue weighted by Crippen LogP contribution is -2.39. The lowest BCUT2D eigenvalue weighted by Gasteiger charge is -2.27. The van der Waals surface area contributed by atoms with Gasteiger partial charge in [-0.25, -0.2) is 0 Å². The molecular formula is C23H32N4O. The van der Waals surface area contributed by atoms with E-state index < -0.39 is 0 Å². The van der Waals surface area contributed by atoms with Crippen LogP contribution in [0, 0.1) is 0 Å². The molecule has 0 amide bonds. The van der Waals surface area contributed by atoms with Gasteiger partial charge in [0.2, 0.25) is 0 Å². The maximum absolute atomic E-state index is 9.60. The highest BCUT2D eigenvalue weighted by atomic mass is 16.3. The number of likely N-dealkylation sites (tertiary alicyclic amines) is 1. The Hall–Kier alpha value is -2.53. The van der Waals surface area contributed by atoms with E-state index in [1.54, 1.807) is 6.07 Å². The van der Waals surface area contributed by atoms with Gasteiger partial charge in [-0.1, -0.05) is 42.5 Å². The first-order valence-corrected chi connectivity index (χ1v) is 10.4. The molecule has 1 fully saturated rings. The molecular weight excluding hydrogens is 348 g/mol. The maximum Gasteiger partial charge on any atom is 0.191 e. The molecule has 3 rings (SSSR count). The Kier molecular flexibility index (Phi) is 7.73. The molecule has 0 saturated carbocycles. The van der Waals surface area contributed by atoms with E-state index in [-0.39, 0.29) is 0 Å². The third-order valence-corrected chi connectivity index (χ3v) is 5.15. The second-order valence-corrected chi connectivity index (χ2v) is 7.24. The van der Waals surface area contributed by atoms with E-state index in [9.17, 15) is 5.11 Å². The van der Waals surface area contributed by atoms with E-state index in [0.29, 0.717) is 11.8 Å². The van der Waals surface area contributed by atoms with Crippen LogP contribution in [-0.2, 0) is 6.42 Å². The number of phenolic OH excluding ortho intramolecular Hbond substituents is 1. The third-order valence-electron chi connectivity index (χ3n) is 5.15. The van der Waals surface area contributed by atoms with Crippen LogP contribution in [0.1, 0.15) is 36.9 Å². The Labute approximate surface area is 168 Å². The molecule has 0 bridgehead atoms. The highest BCUT2D eigenvalue weighted by molar-refractivity contribution is 5.79. The largest absolute Gasteiger partial charge is 0.508 e. The van der Waals surface area contributed by atoms with E-state index in [2.05, 4.69) is 52.8 Å². The Morgan fingerprint density at radius 3 is 2.57 bits per heavy atom. The lowest BCUT2D eigenvalue weighted by molar-refractivity contribution is 0.251. The van der Waals surface area contributed by atoms with Gasteiger partial charge in [-0.05, 0) is 62.5 Å². The van der Waals surface area contributed by atoms with Gasteiger partial charge in [-0.15, -0.1) is 0 Å². The van der Waals surface area contributed by atoms with Crippen molar-refractivity contribution in [2.24, 2.45) is 4.99 Å². The zero-order chi connectivity index (χ0) is 19.6. The normalized spacial score (nSPS) is 16.1. The summed E-state index contributed by atoms with van der Waals surface area (Å²) in [4.78, 5) is 7.44. The monoisotopic (exact) mass is 380 g/mol. The van der Waals surface area contributed by atoms with Gasteiger partial charge in [-0.3, -0.25) is 9.89 Å². The van der Waals surface area contributed by atoms with Gasteiger partial charge in [0, 0.05) is 13.1 Å². The smallest absolute Gasteiger partial charge is 0.191 e. The van der Waals surface area contributed by atoms with Crippen LogP contribution in [0.2, 0.25) is 0 Å². The number of aliphatic imine (C=N–C) groups is 1. The average Bonchev–Trinajstić information content (AvgIpc) is 3.23. The molecule has 1 saturated heterocycles. The predicted octanol–water partition coefficient (Wildman–Crippen LogP) is 3.33. The van der Waals surface area contributed by atoms with Crippen molar-refractivity contribution >= 4 is 5.96 Å². The molecule has 28 heavy (non-hydrogen) atoms. The van der Waals surface area contributed by atoms with Crippen LogP contribution in [0.4, 0.5) is 0 Å². The van der Waals surface area contributed by atoms with Gasteiger partial charge in [0.15, 0.2) is 5.96 Å². The van der Waals surface area contributed by atoms with Gasteiger partial charge >= 0.3 is 0 Å². The minimum atomic E-state index is 0.314. The lowest BCUT2D eigenvalue weighted by atomic mass is 10.1. The SMILES string of the molecule is CCNC(=NCC(c1ccccc1)N1CCCC1)NCCc1cccc(O)c1. The van der Waals surface area contributed by atoms with Crippen molar-refractivity contribution in [3.05, 3.63) is 65.7 Å². The minimum absolute atomic E-state index is 0.314. The summed E-state index contributed by atoms with van der Waals surface area (Å²) in [6.07, 6.45) is 3.39. The Balaban J connectivity index is 1.62. The standard InChI is InChI=1S/C23H32N4O/c1-2-24-23(25-14-13-19-9-8-12-21(28)17-19)26-18-22(27-15-6-7-16-27)20-10-4-3-5-11-20/h3-5,8-12,17,22,28H,2,6-7,13-16,18H2,1H3,(H2,24,25,26). The quantitative estimate of drug-likeness (QED) is 0.486. The molecule has 5 nitrogen and oxygen atoms in total. The number of hydrogen-bond donors (Lipinski definition) is 3. The molecule has 2 aromatic carbocycles. The van der Waals surface area contributed by atoms with E-state index in [4.69, 9.17) is 4.99 Å². The van der Waals surface area contributed by atoms with Crippen LogP contribution in [0.5, 0.6) is 5.75 Å². The molecule has 5 heteroatoms. The average molecular weight is 381 g/mol. The number of benzene rings is 2. The van der Waals surface area contributed by atoms with Gasteiger partial charge in [-0.2, -0.15) is 0 Å². The minimum Gasteiger partial charge on any atom is -0.508 e. The number of aromatic hydroxyl groups is 1. The molecule has 0 aromatic heterocycles.